The van der Waals surface area contributed by atoms with Crippen LogP contribution in [0.15, 0.2) is 11.6 Å². The first-order valence-electron chi connectivity index (χ1n) is 5.14. The molecule has 0 amide bonds. The first kappa shape index (κ1) is 14.6. The zero-order valence-electron chi connectivity index (χ0n) is 10.8. The number of hydrogen-bond donors (Lipinski definition) is 0. The van der Waals surface area contributed by atoms with Gasteiger partial charge in [0.25, 0.3) is 0 Å². The van der Waals surface area contributed by atoms with Gasteiger partial charge in [-0.05, 0) is 46.6 Å². The van der Waals surface area contributed by atoms with E-state index in [1.807, 2.05) is 20.0 Å². The van der Waals surface area contributed by atoms with Gasteiger partial charge in [0.15, 0.2) is 8.32 Å². The molecular weight excluding hydrogens is 224 g/mol. The normalized spacial score (nSPS) is 13.9. The van der Waals surface area contributed by atoms with Crippen molar-refractivity contribution < 1.29 is 13.3 Å². The molecule has 0 radical (unpaired) electrons. The second-order valence-corrected chi connectivity index (χ2v) is 13.0. The predicted octanol–water partition coefficient (Wildman–Crippen LogP) is 3.05. The minimum absolute atomic E-state index is 0.257. The highest BCUT2D eigenvalue weighted by molar-refractivity contribution is 6.82. The van der Waals surface area contributed by atoms with Crippen LogP contribution in [0.3, 0.4) is 0 Å². The molecule has 0 fully saturated rings. The van der Waals surface area contributed by atoms with Gasteiger partial charge in [0.05, 0.1) is 0 Å². The highest BCUT2D eigenvalue weighted by Crippen LogP contribution is 2.16. The molecule has 0 N–H and O–H groups in total. The van der Waals surface area contributed by atoms with Crippen LogP contribution in [0.5, 0.6) is 0 Å². The van der Waals surface area contributed by atoms with Gasteiger partial charge in [0.1, 0.15) is 0 Å². The molecule has 0 spiro atoms. The van der Waals surface area contributed by atoms with Crippen molar-refractivity contribution in [2.45, 2.75) is 46.6 Å². The highest BCUT2D eigenvalue weighted by Gasteiger charge is 2.34. The van der Waals surface area contributed by atoms with Crippen molar-refractivity contribution >= 4 is 22.8 Å². The van der Waals surface area contributed by atoms with Gasteiger partial charge in [-0.1, -0.05) is 6.08 Å². The van der Waals surface area contributed by atoms with Crippen LogP contribution in [0, 0.1) is 0 Å². The lowest BCUT2D eigenvalue weighted by molar-refractivity contribution is -0.131. The Balaban J connectivity index is 4.45. The lowest BCUT2D eigenvalue weighted by Crippen LogP contribution is -2.46. The largest absolute Gasteiger partial charge is 0.492 e. The molecule has 0 heterocycles. The highest BCUT2D eigenvalue weighted by atomic mass is 28.4. The van der Waals surface area contributed by atoms with Gasteiger partial charge in [-0.15, -0.1) is 0 Å². The van der Waals surface area contributed by atoms with Crippen molar-refractivity contribution in [2.75, 3.05) is 0 Å². The number of allylic oxidation sites excluding steroid dienone is 1. The molecule has 0 unspecified atom stereocenters. The zero-order valence-corrected chi connectivity index (χ0v) is 12.8. The van der Waals surface area contributed by atoms with E-state index in [9.17, 15) is 4.79 Å². The smallest absolute Gasteiger partial charge is 0.385 e. The van der Waals surface area contributed by atoms with Gasteiger partial charge >= 0.3 is 14.5 Å². The second kappa shape index (κ2) is 5.09. The van der Waals surface area contributed by atoms with E-state index < -0.39 is 16.9 Å². The summed E-state index contributed by atoms with van der Waals surface area (Å²) in [6, 6.07) is 0. The Morgan fingerprint density at radius 2 is 1.60 bits per heavy atom. The van der Waals surface area contributed by atoms with Crippen LogP contribution in [-0.2, 0) is 13.3 Å². The van der Waals surface area contributed by atoms with Crippen molar-refractivity contribution in [3.05, 3.63) is 11.6 Å². The second-order valence-electron chi connectivity index (χ2n) is 4.98. The molecule has 15 heavy (non-hydrogen) atoms. The van der Waals surface area contributed by atoms with E-state index in [2.05, 4.69) is 19.6 Å². The molecule has 5 heteroatoms. The first-order chi connectivity index (χ1) is 6.57. The fourth-order valence-corrected chi connectivity index (χ4v) is 7.85. The molecule has 0 aromatic heterocycles. The van der Waals surface area contributed by atoms with Crippen molar-refractivity contribution in [3.8, 4) is 0 Å². The van der Waals surface area contributed by atoms with Crippen molar-refractivity contribution in [3.63, 3.8) is 0 Å². The van der Waals surface area contributed by atoms with Crippen LogP contribution < -0.4 is 0 Å². The summed E-state index contributed by atoms with van der Waals surface area (Å²) in [7, 11) is -3.95. The number of carbonyl (C=O) groups excluding carboxylic acids is 1. The fraction of sp³-hybridized carbons (Fsp3) is 0.700. The summed E-state index contributed by atoms with van der Waals surface area (Å²) in [6.07, 6.45) is 1.75. The standard InChI is InChI=1S/C10H22O3Si2/c1-8-9(2)10(11)12-15(6,7)13-14(3,4)5/h8H,1-7H3/b9-8+. The van der Waals surface area contributed by atoms with E-state index >= 15 is 0 Å². The molecule has 0 bridgehead atoms. The third-order valence-electron chi connectivity index (χ3n) is 1.65. The average molecular weight is 246 g/mol. The van der Waals surface area contributed by atoms with E-state index in [0.717, 1.165) is 0 Å². The van der Waals surface area contributed by atoms with Gasteiger partial charge in [0, 0.05) is 5.57 Å². The van der Waals surface area contributed by atoms with Gasteiger partial charge in [-0.2, -0.15) is 0 Å². The number of carbonyl (C=O) groups is 1. The Hall–Kier alpha value is -0.396. The van der Waals surface area contributed by atoms with Gasteiger partial charge in [-0.25, -0.2) is 4.79 Å². The molecule has 0 aliphatic carbocycles. The first-order valence-corrected chi connectivity index (χ1v) is 11.4. The molecule has 0 aromatic rings. The van der Waals surface area contributed by atoms with Crippen LogP contribution in [-0.4, -0.2) is 22.8 Å². The van der Waals surface area contributed by atoms with Crippen LogP contribution in [0.2, 0.25) is 32.7 Å². The van der Waals surface area contributed by atoms with E-state index in [-0.39, 0.29) is 5.97 Å². The number of hydrogen-bond acceptors (Lipinski definition) is 3. The molecule has 0 atom stereocenters. The van der Waals surface area contributed by atoms with Crippen LogP contribution in [0.4, 0.5) is 0 Å². The maximum Gasteiger partial charge on any atom is 0.385 e. The molecule has 0 saturated heterocycles. The average Bonchev–Trinajstić information content (AvgIpc) is 1.96. The minimum atomic E-state index is -2.31. The Bertz CT molecular complexity index is 264. The SMILES string of the molecule is C/C=C(\C)C(=O)O[Si](C)(C)O[Si](C)(C)C. The molecule has 3 nitrogen and oxygen atoms in total. The summed E-state index contributed by atoms with van der Waals surface area (Å²) in [6.45, 7) is 13.7. The minimum Gasteiger partial charge on any atom is -0.492 e. The Morgan fingerprint density at radius 1 is 1.13 bits per heavy atom. The van der Waals surface area contributed by atoms with Gasteiger partial charge in [-0.3, -0.25) is 0 Å². The van der Waals surface area contributed by atoms with E-state index in [4.69, 9.17) is 8.54 Å². The maximum absolute atomic E-state index is 11.6. The predicted molar refractivity (Wildman–Crippen MR) is 67.4 cm³/mol. The quantitative estimate of drug-likeness (QED) is 0.565. The summed E-state index contributed by atoms with van der Waals surface area (Å²) < 4.78 is 11.3. The lowest BCUT2D eigenvalue weighted by atomic mass is 10.3. The Labute approximate surface area is 94.9 Å². The lowest BCUT2D eigenvalue weighted by Gasteiger charge is -2.30. The Kier molecular flexibility index (Phi) is 4.96. The van der Waals surface area contributed by atoms with Crippen molar-refractivity contribution in [2.24, 2.45) is 0 Å². The monoisotopic (exact) mass is 246 g/mol. The molecule has 0 saturated carbocycles. The molecule has 88 valence electrons. The third kappa shape index (κ3) is 6.64. The van der Waals surface area contributed by atoms with Crippen LogP contribution in [0.25, 0.3) is 0 Å². The van der Waals surface area contributed by atoms with E-state index in [1.54, 1.807) is 13.0 Å². The molecule has 0 aliphatic rings. The molecular formula is C10H22O3Si2. The molecule has 0 aromatic carbocycles. The van der Waals surface area contributed by atoms with Crippen molar-refractivity contribution in [1.82, 2.24) is 0 Å². The fourth-order valence-electron chi connectivity index (χ4n) is 1.18. The Morgan fingerprint density at radius 3 is 1.93 bits per heavy atom. The van der Waals surface area contributed by atoms with E-state index in [1.165, 1.54) is 0 Å². The zero-order chi connectivity index (χ0) is 12.3. The van der Waals surface area contributed by atoms with Gasteiger partial charge < -0.3 is 8.54 Å². The summed E-state index contributed by atoms with van der Waals surface area (Å²) in [5, 5.41) is 0. The summed E-state index contributed by atoms with van der Waals surface area (Å²) in [5.41, 5.74) is 0.634. The molecule has 0 rings (SSSR count). The van der Waals surface area contributed by atoms with Crippen LogP contribution >= 0.6 is 0 Å². The topological polar surface area (TPSA) is 35.5 Å². The maximum atomic E-state index is 11.6. The van der Waals surface area contributed by atoms with Crippen molar-refractivity contribution in [1.29, 1.82) is 0 Å². The third-order valence-corrected chi connectivity index (χ3v) is 6.74. The van der Waals surface area contributed by atoms with Gasteiger partial charge in [0.2, 0.25) is 0 Å². The summed E-state index contributed by atoms with van der Waals surface area (Å²) in [5.74, 6) is -0.257. The summed E-state index contributed by atoms with van der Waals surface area (Å²) in [4.78, 5) is 11.6. The van der Waals surface area contributed by atoms with Crippen LogP contribution in [0.1, 0.15) is 13.8 Å². The molecule has 0 aliphatic heterocycles. The number of rotatable bonds is 4. The van der Waals surface area contributed by atoms with E-state index in [0.29, 0.717) is 5.57 Å². The summed E-state index contributed by atoms with van der Waals surface area (Å²) >= 11 is 0.